The molecule has 0 saturated carbocycles. The van der Waals surface area contributed by atoms with E-state index in [1.807, 2.05) is 65.0 Å². The van der Waals surface area contributed by atoms with Gasteiger partial charge < -0.3 is 20.3 Å². The van der Waals surface area contributed by atoms with Crippen molar-refractivity contribution in [3.63, 3.8) is 0 Å². The molecular formula is C26H38N4O6. The summed E-state index contributed by atoms with van der Waals surface area (Å²) in [7, 11) is 0. The standard InChI is InChI=1S/C26H38N4O6/c1-17(2)13-20-24(33)29-19(14-26(3,4)5)23(32)28(12-11-21(27)31)15-22(29)30(36-20)25(34)35-16-18-9-7-6-8-10-18/h6-10,17,19-20,22H,11-16H2,1-5H3,(H2,27,31)/t19-,20+,22-/m0/s1. The van der Waals surface area contributed by atoms with Crippen LogP contribution in [-0.2, 0) is 30.6 Å². The molecule has 10 heteroatoms. The van der Waals surface area contributed by atoms with Gasteiger partial charge in [-0.2, -0.15) is 5.06 Å². The lowest BCUT2D eigenvalue weighted by molar-refractivity contribution is -0.269. The Hall–Kier alpha value is -3.14. The van der Waals surface area contributed by atoms with Gasteiger partial charge in [0.1, 0.15) is 12.6 Å². The number of ether oxygens (including phenoxy) is 1. The summed E-state index contributed by atoms with van der Waals surface area (Å²) in [5.41, 5.74) is 5.85. The number of hydrogen-bond donors (Lipinski definition) is 1. The number of nitrogens with two attached hydrogens (primary N) is 1. The van der Waals surface area contributed by atoms with Gasteiger partial charge >= 0.3 is 6.09 Å². The number of primary amides is 1. The van der Waals surface area contributed by atoms with E-state index in [1.165, 1.54) is 9.80 Å². The molecule has 0 aromatic heterocycles. The van der Waals surface area contributed by atoms with Gasteiger partial charge in [0.15, 0.2) is 12.3 Å². The van der Waals surface area contributed by atoms with Gasteiger partial charge in [0, 0.05) is 13.0 Å². The topological polar surface area (TPSA) is 122 Å². The monoisotopic (exact) mass is 502 g/mol. The molecule has 2 fully saturated rings. The number of fused-ring (bicyclic) bond motifs is 1. The maximum atomic E-state index is 13.6. The van der Waals surface area contributed by atoms with Gasteiger partial charge in [-0.05, 0) is 29.7 Å². The number of nitrogens with zero attached hydrogens (tertiary/aromatic N) is 3. The third-order valence-electron chi connectivity index (χ3n) is 6.18. The SMILES string of the molecule is CC(C)C[C@H]1ON(C(=O)OCc2ccccc2)[C@H]2CN(CCC(N)=O)C(=O)[C@H](CC(C)(C)C)N2C1=O. The minimum absolute atomic E-state index is 0.00662. The summed E-state index contributed by atoms with van der Waals surface area (Å²) in [5.74, 6) is -1.01. The van der Waals surface area contributed by atoms with E-state index < -0.39 is 30.3 Å². The second kappa shape index (κ2) is 11.3. The second-order valence-electron chi connectivity index (χ2n) is 11.1. The van der Waals surface area contributed by atoms with Crippen molar-refractivity contribution >= 4 is 23.8 Å². The van der Waals surface area contributed by atoms with Gasteiger partial charge in [-0.25, -0.2) is 4.79 Å². The summed E-state index contributed by atoms with van der Waals surface area (Å²) >= 11 is 0. The lowest BCUT2D eigenvalue weighted by Crippen LogP contribution is -2.74. The molecule has 1 aromatic rings. The second-order valence-corrected chi connectivity index (χ2v) is 11.1. The Bertz CT molecular complexity index is 961. The van der Waals surface area contributed by atoms with Crippen LogP contribution in [-0.4, -0.2) is 70.1 Å². The van der Waals surface area contributed by atoms with Gasteiger partial charge in [-0.3, -0.25) is 19.2 Å². The van der Waals surface area contributed by atoms with Crippen molar-refractivity contribution in [1.82, 2.24) is 14.9 Å². The first kappa shape index (κ1) is 27.4. The molecule has 2 aliphatic rings. The van der Waals surface area contributed by atoms with Crippen LogP contribution in [0.4, 0.5) is 4.79 Å². The number of amides is 4. The van der Waals surface area contributed by atoms with Gasteiger partial charge in [-0.1, -0.05) is 65.0 Å². The minimum atomic E-state index is -0.919. The largest absolute Gasteiger partial charge is 0.443 e. The van der Waals surface area contributed by atoms with E-state index in [0.717, 1.165) is 10.6 Å². The quantitative estimate of drug-likeness (QED) is 0.583. The number of rotatable bonds is 8. The molecule has 2 heterocycles. The van der Waals surface area contributed by atoms with Crippen molar-refractivity contribution in [2.75, 3.05) is 13.1 Å². The highest BCUT2D eigenvalue weighted by atomic mass is 16.7. The molecule has 2 saturated heterocycles. The molecule has 3 rings (SSSR count). The Kier molecular flexibility index (Phi) is 8.60. The van der Waals surface area contributed by atoms with Crippen LogP contribution in [0.2, 0.25) is 0 Å². The van der Waals surface area contributed by atoms with Gasteiger partial charge in [0.25, 0.3) is 5.91 Å². The predicted molar refractivity (Wildman–Crippen MR) is 132 cm³/mol. The number of hydrogen-bond acceptors (Lipinski definition) is 6. The molecule has 36 heavy (non-hydrogen) atoms. The Balaban J connectivity index is 1.94. The summed E-state index contributed by atoms with van der Waals surface area (Å²) in [6.07, 6.45) is -1.81. The third kappa shape index (κ3) is 6.75. The van der Waals surface area contributed by atoms with E-state index >= 15 is 0 Å². The Morgan fingerprint density at radius 2 is 1.81 bits per heavy atom. The maximum absolute atomic E-state index is 13.6. The maximum Gasteiger partial charge on any atom is 0.436 e. The number of carbonyl (C=O) groups is 4. The molecule has 0 radical (unpaired) electrons. The summed E-state index contributed by atoms with van der Waals surface area (Å²) < 4.78 is 5.55. The summed E-state index contributed by atoms with van der Waals surface area (Å²) in [6.45, 7) is 9.99. The average molecular weight is 503 g/mol. The van der Waals surface area contributed by atoms with E-state index in [2.05, 4.69) is 0 Å². The molecule has 198 valence electrons. The van der Waals surface area contributed by atoms with Gasteiger partial charge in [-0.15, -0.1) is 0 Å². The predicted octanol–water partition coefficient (Wildman–Crippen LogP) is 2.66. The molecule has 0 spiro atoms. The highest BCUT2D eigenvalue weighted by Crippen LogP contribution is 2.34. The highest BCUT2D eigenvalue weighted by molar-refractivity contribution is 5.92. The molecule has 3 atom stereocenters. The van der Waals surface area contributed by atoms with E-state index in [1.54, 1.807) is 0 Å². The lowest BCUT2D eigenvalue weighted by Gasteiger charge is -2.53. The number of carbonyl (C=O) groups excluding carboxylic acids is 4. The van der Waals surface area contributed by atoms with Crippen LogP contribution in [0.1, 0.15) is 59.4 Å². The summed E-state index contributed by atoms with van der Waals surface area (Å²) in [6, 6.07) is 8.43. The average Bonchev–Trinajstić information content (AvgIpc) is 2.79. The van der Waals surface area contributed by atoms with Crippen LogP contribution in [0, 0.1) is 11.3 Å². The molecule has 0 aliphatic carbocycles. The molecule has 0 unspecified atom stereocenters. The van der Waals surface area contributed by atoms with E-state index in [0.29, 0.717) is 12.8 Å². The molecule has 1 aromatic carbocycles. The molecular weight excluding hydrogens is 464 g/mol. The number of hydroxylamine groups is 2. The van der Waals surface area contributed by atoms with E-state index in [9.17, 15) is 19.2 Å². The summed E-state index contributed by atoms with van der Waals surface area (Å²) in [4.78, 5) is 60.8. The van der Waals surface area contributed by atoms with E-state index in [-0.39, 0.29) is 49.3 Å². The zero-order valence-electron chi connectivity index (χ0n) is 21.8. The van der Waals surface area contributed by atoms with Crippen LogP contribution in [0.25, 0.3) is 0 Å². The number of benzene rings is 1. The third-order valence-corrected chi connectivity index (χ3v) is 6.18. The van der Waals surface area contributed by atoms with E-state index in [4.69, 9.17) is 15.3 Å². The first-order valence-electron chi connectivity index (χ1n) is 12.4. The normalized spacial score (nSPS) is 22.6. The van der Waals surface area contributed by atoms with Crippen molar-refractivity contribution in [3.05, 3.63) is 35.9 Å². The van der Waals surface area contributed by atoms with Crippen LogP contribution in [0.3, 0.4) is 0 Å². The fourth-order valence-corrected chi connectivity index (χ4v) is 4.55. The molecule has 2 N–H and O–H groups in total. The van der Waals surface area contributed by atoms with Crippen LogP contribution in [0.15, 0.2) is 30.3 Å². The highest BCUT2D eigenvalue weighted by Gasteiger charge is 2.53. The number of piperazine rings is 1. The molecule has 4 amide bonds. The smallest absolute Gasteiger partial charge is 0.436 e. The Labute approximate surface area is 212 Å². The first-order valence-corrected chi connectivity index (χ1v) is 12.4. The fraction of sp³-hybridized carbons (Fsp3) is 0.615. The van der Waals surface area contributed by atoms with Gasteiger partial charge in [0.05, 0.1) is 6.54 Å². The van der Waals surface area contributed by atoms with Crippen molar-refractivity contribution in [2.24, 2.45) is 17.1 Å². The zero-order valence-corrected chi connectivity index (χ0v) is 21.8. The molecule has 2 aliphatic heterocycles. The fourth-order valence-electron chi connectivity index (χ4n) is 4.55. The van der Waals surface area contributed by atoms with Crippen molar-refractivity contribution in [1.29, 1.82) is 0 Å². The summed E-state index contributed by atoms with van der Waals surface area (Å²) in [5, 5.41) is 1.09. The Morgan fingerprint density at radius 3 is 2.39 bits per heavy atom. The van der Waals surface area contributed by atoms with Crippen LogP contribution >= 0.6 is 0 Å². The molecule has 0 bridgehead atoms. The lowest BCUT2D eigenvalue weighted by atomic mass is 9.85. The Morgan fingerprint density at radius 1 is 1.14 bits per heavy atom. The van der Waals surface area contributed by atoms with Crippen LogP contribution < -0.4 is 5.73 Å². The minimum Gasteiger partial charge on any atom is -0.443 e. The van der Waals surface area contributed by atoms with Gasteiger partial charge in [0.2, 0.25) is 11.8 Å². The van der Waals surface area contributed by atoms with Crippen molar-refractivity contribution in [2.45, 2.75) is 78.8 Å². The first-order chi connectivity index (χ1) is 16.9. The van der Waals surface area contributed by atoms with Crippen LogP contribution in [0.5, 0.6) is 0 Å². The molecule has 10 nitrogen and oxygen atoms in total. The van der Waals surface area contributed by atoms with Crippen molar-refractivity contribution < 1.29 is 28.8 Å². The zero-order chi connectivity index (χ0) is 26.6. The van der Waals surface area contributed by atoms with Crippen molar-refractivity contribution in [3.8, 4) is 0 Å².